The maximum Gasteiger partial charge on any atom is -0.000139 e. The summed E-state index contributed by atoms with van der Waals surface area (Å²) < 4.78 is 0. The molecule has 0 aromatic rings. The van der Waals surface area contributed by atoms with Crippen LogP contribution in [0.1, 0.15) is 12.8 Å². The monoisotopic (exact) mass is 140 g/mol. The van der Waals surface area contributed by atoms with Crippen LogP contribution in [0, 0.1) is 11.8 Å². The third-order valence-electron chi connectivity index (χ3n) is 2.34. The van der Waals surface area contributed by atoms with E-state index < -0.39 is 0 Å². The molecule has 0 aromatic heterocycles. The molecular weight excluding hydrogens is 128 g/mol. The van der Waals surface area contributed by atoms with Crippen molar-refractivity contribution in [1.82, 2.24) is 0 Å². The van der Waals surface area contributed by atoms with E-state index in [1.807, 2.05) is 0 Å². The lowest BCUT2D eigenvalue weighted by Gasteiger charge is -2.17. The van der Waals surface area contributed by atoms with Gasteiger partial charge in [-0.3, -0.25) is 0 Å². The van der Waals surface area contributed by atoms with Gasteiger partial charge in [-0.1, -0.05) is 12.2 Å². The van der Waals surface area contributed by atoms with Crippen LogP contribution in [0.3, 0.4) is 0 Å². The van der Waals surface area contributed by atoms with Crippen molar-refractivity contribution in [2.75, 3.05) is 11.5 Å². The molecule has 0 radical (unpaired) electrons. The van der Waals surface area contributed by atoms with E-state index in [0.717, 1.165) is 11.8 Å². The van der Waals surface area contributed by atoms with Gasteiger partial charge in [0.05, 0.1) is 0 Å². The van der Waals surface area contributed by atoms with Crippen LogP contribution in [0.25, 0.3) is 0 Å². The highest BCUT2D eigenvalue weighted by Gasteiger charge is 2.26. The van der Waals surface area contributed by atoms with Gasteiger partial charge in [0.25, 0.3) is 0 Å². The molecule has 1 aliphatic carbocycles. The SMILES string of the molecule is C1=C[C@@H]2CSC[C@@H]2CC1. The molecule has 0 aromatic carbocycles. The van der Waals surface area contributed by atoms with Crippen molar-refractivity contribution in [3.8, 4) is 0 Å². The van der Waals surface area contributed by atoms with E-state index in [0.29, 0.717) is 0 Å². The predicted octanol–water partition coefficient (Wildman–Crippen LogP) is 2.32. The molecule has 1 aliphatic heterocycles. The van der Waals surface area contributed by atoms with Crippen LogP contribution < -0.4 is 0 Å². The fourth-order valence-corrected chi connectivity index (χ4v) is 3.21. The van der Waals surface area contributed by atoms with Crippen molar-refractivity contribution < 1.29 is 0 Å². The zero-order chi connectivity index (χ0) is 6.10. The minimum absolute atomic E-state index is 0.948. The molecule has 50 valence electrons. The van der Waals surface area contributed by atoms with Crippen LogP contribution in [-0.4, -0.2) is 11.5 Å². The Kier molecular flexibility index (Phi) is 1.54. The summed E-state index contributed by atoms with van der Waals surface area (Å²) in [7, 11) is 0. The first-order valence-electron chi connectivity index (χ1n) is 3.71. The summed E-state index contributed by atoms with van der Waals surface area (Å²) in [6, 6.07) is 0. The third kappa shape index (κ3) is 1.03. The van der Waals surface area contributed by atoms with E-state index in [4.69, 9.17) is 0 Å². The molecule has 0 amide bonds. The molecule has 0 saturated carbocycles. The molecule has 2 rings (SSSR count). The molecule has 0 spiro atoms. The molecule has 1 saturated heterocycles. The number of thioether (sulfide) groups is 1. The molecule has 0 bridgehead atoms. The Morgan fingerprint density at radius 1 is 1.33 bits per heavy atom. The Labute approximate surface area is 60.7 Å². The van der Waals surface area contributed by atoms with Gasteiger partial charge in [0.15, 0.2) is 0 Å². The summed E-state index contributed by atoms with van der Waals surface area (Å²) >= 11 is 2.13. The Morgan fingerprint density at radius 2 is 2.33 bits per heavy atom. The first kappa shape index (κ1) is 5.84. The van der Waals surface area contributed by atoms with E-state index in [1.165, 1.54) is 24.3 Å². The van der Waals surface area contributed by atoms with Crippen molar-refractivity contribution in [3.05, 3.63) is 12.2 Å². The van der Waals surface area contributed by atoms with Crippen LogP contribution in [0.15, 0.2) is 12.2 Å². The van der Waals surface area contributed by atoms with E-state index in [1.54, 1.807) is 0 Å². The highest BCUT2D eigenvalue weighted by atomic mass is 32.2. The quantitative estimate of drug-likeness (QED) is 0.465. The summed E-state index contributed by atoms with van der Waals surface area (Å²) in [5, 5.41) is 0. The lowest BCUT2D eigenvalue weighted by Crippen LogP contribution is -2.12. The first-order valence-corrected chi connectivity index (χ1v) is 4.87. The van der Waals surface area contributed by atoms with Crippen LogP contribution >= 0.6 is 11.8 Å². The second-order valence-electron chi connectivity index (χ2n) is 2.97. The number of allylic oxidation sites excluding steroid dienone is 2. The van der Waals surface area contributed by atoms with Crippen molar-refractivity contribution in [3.63, 3.8) is 0 Å². The third-order valence-corrected chi connectivity index (χ3v) is 3.62. The first-order chi connectivity index (χ1) is 4.47. The molecule has 2 atom stereocenters. The summed E-state index contributed by atoms with van der Waals surface area (Å²) in [6.07, 6.45) is 7.57. The van der Waals surface area contributed by atoms with Crippen molar-refractivity contribution in [2.24, 2.45) is 11.8 Å². The van der Waals surface area contributed by atoms with Crippen LogP contribution in [-0.2, 0) is 0 Å². The Morgan fingerprint density at radius 3 is 3.22 bits per heavy atom. The highest BCUT2D eigenvalue weighted by Crippen LogP contribution is 2.36. The van der Waals surface area contributed by atoms with Gasteiger partial charge in [-0.05, 0) is 36.2 Å². The zero-order valence-electron chi connectivity index (χ0n) is 5.55. The van der Waals surface area contributed by atoms with Crippen molar-refractivity contribution in [1.29, 1.82) is 0 Å². The predicted molar refractivity (Wildman–Crippen MR) is 42.7 cm³/mol. The number of fused-ring (bicyclic) bond motifs is 1. The normalized spacial score (nSPS) is 40.9. The van der Waals surface area contributed by atoms with Crippen molar-refractivity contribution >= 4 is 11.8 Å². The highest BCUT2D eigenvalue weighted by molar-refractivity contribution is 7.99. The van der Waals surface area contributed by atoms with Gasteiger partial charge in [0, 0.05) is 0 Å². The minimum atomic E-state index is 0.948. The van der Waals surface area contributed by atoms with E-state index >= 15 is 0 Å². The topological polar surface area (TPSA) is 0 Å². The maximum atomic E-state index is 2.42. The molecule has 9 heavy (non-hydrogen) atoms. The van der Waals surface area contributed by atoms with Gasteiger partial charge in [-0.25, -0.2) is 0 Å². The van der Waals surface area contributed by atoms with E-state index in [9.17, 15) is 0 Å². The number of rotatable bonds is 0. The molecule has 1 fully saturated rings. The van der Waals surface area contributed by atoms with E-state index in [2.05, 4.69) is 23.9 Å². The van der Waals surface area contributed by atoms with Gasteiger partial charge in [-0.2, -0.15) is 11.8 Å². The second-order valence-corrected chi connectivity index (χ2v) is 4.04. The molecule has 1 heterocycles. The second kappa shape index (κ2) is 2.37. The molecule has 0 nitrogen and oxygen atoms in total. The Bertz CT molecular complexity index is 129. The minimum Gasteiger partial charge on any atom is -0.161 e. The van der Waals surface area contributed by atoms with Crippen LogP contribution in [0.5, 0.6) is 0 Å². The fraction of sp³-hybridized carbons (Fsp3) is 0.750. The van der Waals surface area contributed by atoms with Gasteiger partial charge in [0.2, 0.25) is 0 Å². The van der Waals surface area contributed by atoms with Gasteiger partial charge in [-0.15, -0.1) is 0 Å². The Balaban J connectivity index is 2.10. The summed E-state index contributed by atoms with van der Waals surface area (Å²) in [5.74, 6) is 4.81. The van der Waals surface area contributed by atoms with Gasteiger partial charge < -0.3 is 0 Å². The summed E-state index contributed by atoms with van der Waals surface area (Å²) in [6.45, 7) is 0. The van der Waals surface area contributed by atoms with Crippen LogP contribution in [0.2, 0.25) is 0 Å². The largest absolute Gasteiger partial charge is 0.161 e. The van der Waals surface area contributed by atoms with Crippen LogP contribution in [0.4, 0.5) is 0 Å². The zero-order valence-corrected chi connectivity index (χ0v) is 6.36. The molecule has 1 heteroatoms. The molecule has 2 aliphatic rings. The standard InChI is InChI=1S/C8H12S/c1-2-4-8-6-9-5-7(8)3-1/h1,3,7-8H,2,4-6H2/t7-,8+/m1/s1. The van der Waals surface area contributed by atoms with Gasteiger partial charge >= 0.3 is 0 Å². The Hall–Kier alpha value is 0.0900. The lowest BCUT2D eigenvalue weighted by atomic mass is 9.87. The molecule has 0 unspecified atom stereocenters. The summed E-state index contributed by atoms with van der Waals surface area (Å²) in [5.41, 5.74) is 0. The van der Waals surface area contributed by atoms with E-state index in [-0.39, 0.29) is 0 Å². The maximum absolute atomic E-state index is 2.42. The number of hydrogen-bond acceptors (Lipinski definition) is 1. The fourth-order valence-electron chi connectivity index (χ4n) is 1.71. The summed E-state index contributed by atoms with van der Waals surface area (Å²) in [4.78, 5) is 0. The average molecular weight is 140 g/mol. The lowest BCUT2D eigenvalue weighted by molar-refractivity contribution is 0.444. The molecular formula is C8H12S. The number of hydrogen-bond donors (Lipinski definition) is 0. The molecule has 0 N–H and O–H groups in total. The van der Waals surface area contributed by atoms with Gasteiger partial charge in [0.1, 0.15) is 0 Å². The average Bonchev–Trinajstić information content (AvgIpc) is 2.33. The van der Waals surface area contributed by atoms with Crippen molar-refractivity contribution in [2.45, 2.75) is 12.8 Å². The smallest absolute Gasteiger partial charge is 0.000139 e.